The molecule has 124 valence electrons. The van der Waals surface area contributed by atoms with Gasteiger partial charge in [0.1, 0.15) is 5.60 Å². The first-order valence-electron chi connectivity index (χ1n) is 7.47. The molecule has 0 saturated heterocycles. The molecule has 0 bridgehead atoms. The Kier molecular flexibility index (Phi) is 8.41. The first-order chi connectivity index (χ1) is 10.1. The Balaban J connectivity index is 0.00000242. The van der Waals surface area contributed by atoms with E-state index in [0.29, 0.717) is 12.5 Å². The van der Waals surface area contributed by atoms with Crippen molar-refractivity contribution in [1.29, 1.82) is 0 Å². The highest BCUT2D eigenvalue weighted by Crippen LogP contribution is 2.24. The number of nitrogens with zero attached hydrogens (tertiary/aromatic N) is 1. The summed E-state index contributed by atoms with van der Waals surface area (Å²) in [6.07, 6.45) is 8.05. The van der Waals surface area contributed by atoms with E-state index in [0.717, 1.165) is 23.8 Å². The average molecular weight is 435 g/mol. The van der Waals surface area contributed by atoms with Crippen molar-refractivity contribution in [3.63, 3.8) is 0 Å². The van der Waals surface area contributed by atoms with Crippen molar-refractivity contribution in [2.24, 2.45) is 10.9 Å². The van der Waals surface area contributed by atoms with Gasteiger partial charge in [0, 0.05) is 18.5 Å². The molecule has 0 fully saturated rings. The largest absolute Gasteiger partial charge is 0.383 e. The van der Waals surface area contributed by atoms with Crippen molar-refractivity contribution in [3.8, 4) is 0 Å². The molecule has 1 aliphatic carbocycles. The summed E-state index contributed by atoms with van der Waals surface area (Å²) in [5, 5.41) is 19.0. The van der Waals surface area contributed by atoms with E-state index in [1.54, 1.807) is 18.4 Å². The van der Waals surface area contributed by atoms with Gasteiger partial charge in [-0.15, -0.1) is 35.3 Å². The Hall–Kier alpha value is -0.600. The Bertz CT molecular complexity index is 486. The number of halogens is 1. The molecule has 0 amide bonds. The van der Waals surface area contributed by atoms with Crippen LogP contribution in [0.25, 0.3) is 0 Å². The SMILES string of the molecule is CN=C(NCC1CC=CCC1)NCC(C)(O)c1cccs1.I. The van der Waals surface area contributed by atoms with Gasteiger partial charge >= 0.3 is 0 Å². The molecule has 1 aromatic rings. The van der Waals surface area contributed by atoms with E-state index in [2.05, 4.69) is 27.8 Å². The molecule has 1 heterocycles. The Morgan fingerprint density at radius 2 is 2.27 bits per heavy atom. The molecular weight excluding hydrogens is 409 g/mol. The van der Waals surface area contributed by atoms with Gasteiger partial charge in [0.25, 0.3) is 0 Å². The molecule has 0 spiro atoms. The number of allylic oxidation sites excluding steroid dienone is 2. The molecule has 0 radical (unpaired) electrons. The normalized spacial score (nSPS) is 20.9. The zero-order valence-corrected chi connectivity index (χ0v) is 16.4. The minimum absolute atomic E-state index is 0. The van der Waals surface area contributed by atoms with Gasteiger partial charge in [0.2, 0.25) is 0 Å². The molecule has 4 nitrogen and oxygen atoms in total. The molecule has 2 atom stereocenters. The lowest BCUT2D eigenvalue weighted by Crippen LogP contribution is -2.45. The topological polar surface area (TPSA) is 56.7 Å². The molecule has 3 N–H and O–H groups in total. The van der Waals surface area contributed by atoms with Crippen LogP contribution in [0.5, 0.6) is 0 Å². The molecule has 0 aliphatic heterocycles. The van der Waals surface area contributed by atoms with Crippen LogP contribution in [0.2, 0.25) is 0 Å². The smallest absolute Gasteiger partial charge is 0.191 e. The van der Waals surface area contributed by atoms with Crippen LogP contribution in [0.15, 0.2) is 34.7 Å². The van der Waals surface area contributed by atoms with Gasteiger partial charge in [-0.1, -0.05) is 18.2 Å². The summed E-state index contributed by atoms with van der Waals surface area (Å²) in [6, 6.07) is 3.91. The number of aliphatic hydroxyl groups is 1. The van der Waals surface area contributed by atoms with E-state index >= 15 is 0 Å². The lowest BCUT2D eigenvalue weighted by molar-refractivity contribution is 0.0655. The monoisotopic (exact) mass is 435 g/mol. The number of nitrogens with one attached hydrogen (secondary N) is 2. The molecule has 0 aromatic carbocycles. The van der Waals surface area contributed by atoms with Crippen LogP contribution in [0, 0.1) is 5.92 Å². The van der Waals surface area contributed by atoms with Crippen LogP contribution < -0.4 is 10.6 Å². The standard InChI is InChI=1S/C16H25N3OS.HI/c1-16(20,14-9-6-10-21-14)12-19-15(17-2)18-11-13-7-4-3-5-8-13;/h3-4,6,9-10,13,20H,5,7-8,11-12H2,1-2H3,(H2,17,18,19);1H. The Morgan fingerprint density at radius 1 is 1.45 bits per heavy atom. The maximum atomic E-state index is 10.5. The van der Waals surface area contributed by atoms with Crippen LogP contribution >= 0.6 is 35.3 Å². The summed E-state index contributed by atoms with van der Waals surface area (Å²) < 4.78 is 0. The highest BCUT2D eigenvalue weighted by Gasteiger charge is 2.24. The summed E-state index contributed by atoms with van der Waals surface area (Å²) >= 11 is 1.57. The van der Waals surface area contributed by atoms with Crippen LogP contribution in [0.4, 0.5) is 0 Å². The zero-order valence-electron chi connectivity index (χ0n) is 13.2. The minimum atomic E-state index is -0.876. The Morgan fingerprint density at radius 3 is 2.86 bits per heavy atom. The quantitative estimate of drug-likeness (QED) is 0.288. The van der Waals surface area contributed by atoms with Crippen molar-refractivity contribution in [3.05, 3.63) is 34.5 Å². The third-order valence-corrected chi connectivity index (χ3v) is 4.93. The second-order valence-electron chi connectivity index (χ2n) is 5.71. The summed E-state index contributed by atoms with van der Waals surface area (Å²) in [7, 11) is 1.76. The van der Waals surface area contributed by atoms with Crippen LogP contribution in [0.3, 0.4) is 0 Å². The van der Waals surface area contributed by atoms with Crippen molar-refractivity contribution in [2.45, 2.75) is 31.8 Å². The second kappa shape index (κ2) is 9.52. The van der Waals surface area contributed by atoms with Gasteiger partial charge in [0.05, 0.1) is 6.54 Å². The molecule has 2 rings (SSSR count). The number of thiophene rings is 1. The highest BCUT2D eigenvalue weighted by atomic mass is 127. The summed E-state index contributed by atoms with van der Waals surface area (Å²) in [6.45, 7) is 3.19. The number of aliphatic imine (C=N–C) groups is 1. The number of rotatable bonds is 5. The van der Waals surface area contributed by atoms with Gasteiger partial charge in [0.15, 0.2) is 5.96 Å². The summed E-state index contributed by atoms with van der Waals surface area (Å²) in [5.74, 6) is 1.42. The number of hydrogen-bond donors (Lipinski definition) is 3. The molecule has 0 saturated carbocycles. The van der Waals surface area contributed by atoms with Gasteiger partial charge in [-0.05, 0) is 43.6 Å². The van der Waals surface area contributed by atoms with Crippen molar-refractivity contribution < 1.29 is 5.11 Å². The third-order valence-electron chi connectivity index (χ3n) is 3.81. The molecule has 22 heavy (non-hydrogen) atoms. The minimum Gasteiger partial charge on any atom is -0.383 e. The van der Waals surface area contributed by atoms with Crippen molar-refractivity contribution >= 4 is 41.3 Å². The van der Waals surface area contributed by atoms with E-state index in [1.165, 1.54) is 12.8 Å². The summed E-state index contributed by atoms with van der Waals surface area (Å²) in [5.41, 5.74) is -0.876. The van der Waals surface area contributed by atoms with Gasteiger partial charge in [-0.3, -0.25) is 4.99 Å². The first kappa shape index (κ1) is 19.4. The highest BCUT2D eigenvalue weighted by molar-refractivity contribution is 14.0. The fraction of sp³-hybridized carbons (Fsp3) is 0.562. The fourth-order valence-corrected chi connectivity index (χ4v) is 3.22. The van der Waals surface area contributed by atoms with Crippen LogP contribution in [0.1, 0.15) is 31.1 Å². The van der Waals surface area contributed by atoms with E-state index in [4.69, 9.17) is 0 Å². The molecule has 6 heteroatoms. The average Bonchev–Trinajstić information content (AvgIpc) is 3.03. The molecular formula is C16H26IN3OS. The molecule has 2 unspecified atom stereocenters. The van der Waals surface area contributed by atoms with E-state index in [1.807, 2.05) is 24.4 Å². The van der Waals surface area contributed by atoms with Crippen molar-refractivity contribution in [1.82, 2.24) is 10.6 Å². The predicted molar refractivity (Wildman–Crippen MR) is 105 cm³/mol. The van der Waals surface area contributed by atoms with E-state index in [9.17, 15) is 5.11 Å². The fourth-order valence-electron chi connectivity index (χ4n) is 2.43. The molecule has 1 aromatic heterocycles. The maximum Gasteiger partial charge on any atom is 0.191 e. The Labute approximate surface area is 154 Å². The van der Waals surface area contributed by atoms with Gasteiger partial charge in [-0.2, -0.15) is 0 Å². The lowest BCUT2D eigenvalue weighted by atomic mass is 9.94. The first-order valence-corrected chi connectivity index (χ1v) is 8.35. The van der Waals surface area contributed by atoms with Crippen molar-refractivity contribution in [2.75, 3.05) is 20.1 Å². The number of guanidine groups is 1. The van der Waals surface area contributed by atoms with Gasteiger partial charge < -0.3 is 15.7 Å². The predicted octanol–water partition coefficient (Wildman–Crippen LogP) is 3.09. The molecule has 1 aliphatic rings. The second-order valence-corrected chi connectivity index (χ2v) is 6.66. The third kappa shape index (κ3) is 5.89. The number of hydrogen-bond acceptors (Lipinski definition) is 3. The van der Waals surface area contributed by atoms with E-state index in [-0.39, 0.29) is 24.0 Å². The van der Waals surface area contributed by atoms with Crippen LogP contribution in [-0.2, 0) is 5.60 Å². The van der Waals surface area contributed by atoms with Crippen LogP contribution in [-0.4, -0.2) is 31.2 Å². The van der Waals surface area contributed by atoms with Gasteiger partial charge in [-0.25, -0.2) is 0 Å². The summed E-state index contributed by atoms with van der Waals surface area (Å²) in [4.78, 5) is 5.19. The zero-order chi connectivity index (χ0) is 15.1. The maximum absolute atomic E-state index is 10.5. The lowest BCUT2D eigenvalue weighted by Gasteiger charge is -2.25. The van der Waals surface area contributed by atoms with E-state index < -0.39 is 5.60 Å².